The number of halogens is 2. The average Bonchev–Trinajstić information content (AvgIpc) is 2.99. The van der Waals surface area contributed by atoms with Crippen LogP contribution in [-0.2, 0) is 4.79 Å². The Morgan fingerprint density at radius 3 is 2.39 bits per heavy atom. The molecule has 0 saturated carbocycles. The van der Waals surface area contributed by atoms with Crippen molar-refractivity contribution >= 4 is 46.6 Å². The van der Waals surface area contributed by atoms with Gasteiger partial charge in [0.2, 0.25) is 5.88 Å². The highest BCUT2D eigenvalue weighted by Gasteiger charge is 2.29. The van der Waals surface area contributed by atoms with E-state index in [4.69, 9.17) is 23.2 Å². The highest BCUT2D eigenvalue weighted by molar-refractivity contribution is 6.33. The first-order valence-corrected chi connectivity index (χ1v) is 9.73. The molecule has 31 heavy (non-hydrogen) atoms. The minimum Gasteiger partial charge on any atom is -0.494 e. The van der Waals surface area contributed by atoms with Gasteiger partial charge in [-0.1, -0.05) is 29.3 Å². The normalized spacial score (nSPS) is 14.9. The van der Waals surface area contributed by atoms with E-state index in [1.54, 1.807) is 43.3 Å². The number of amides is 1. The van der Waals surface area contributed by atoms with Gasteiger partial charge in [0.05, 0.1) is 22.7 Å². The number of carbonyl (C=O) groups excluding carboxylic acids is 1. The predicted octanol–water partition coefficient (Wildman–Crippen LogP) is 3.34. The molecule has 0 saturated heterocycles. The molecular formula is C21H14Cl2N4O4. The highest BCUT2D eigenvalue weighted by Crippen LogP contribution is 2.27. The largest absolute Gasteiger partial charge is 0.494 e. The monoisotopic (exact) mass is 456 g/mol. The number of aromatic hydroxyl groups is 1. The predicted molar refractivity (Wildman–Crippen MR) is 119 cm³/mol. The number of hydrazone groups is 1. The Morgan fingerprint density at radius 1 is 1.00 bits per heavy atom. The van der Waals surface area contributed by atoms with Crippen LogP contribution < -0.4 is 16.3 Å². The minimum absolute atomic E-state index is 0.0899. The van der Waals surface area contributed by atoms with Crippen LogP contribution in [0.25, 0.3) is 11.8 Å². The second-order valence-electron chi connectivity index (χ2n) is 6.65. The molecule has 2 heterocycles. The van der Waals surface area contributed by atoms with Gasteiger partial charge in [-0.25, -0.2) is 9.36 Å². The van der Waals surface area contributed by atoms with Crippen LogP contribution in [-0.4, -0.2) is 26.3 Å². The molecule has 0 aliphatic carbocycles. The first-order chi connectivity index (χ1) is 14.8. The zero-order chi connectivity index (χ0) is 22.3. The van der Waals surface area contributed by atoms with Crippen molar-refractivity contribution in [2.24, 2.45) is 5.10 Å². The smallest absolute Gasteiger partial charge is 0.335 e. The Balaban J connectivity index is 1.82. The van der Waals surface area contributed by atoms with Crippen molar-refractivity contribution in [1.29, 1.82) is 0 Å². The summed E-state index contributed by atoms with van der Waals surface area (Å²) < 4.78 is 0.891. The van der Waals surface area contributed by atoms with E-state index >= 15 is 0 Å². The molecule has 0 fully saturated rings. The van der Waals surface area contributed by atoms with Gasteiger partial charge in [0.15, 0.2) is 0 Å². The number of aromatic amines is 1. The van der Waals surface area contributed by atoms with Crippen LogP contribution in [0.4, 0.5) is 5.69 Å². The Labute approximate surface area is 185 Å². The maximum absolute atomic E-state index is 12.9. The average molecular weight is 457 g/mol. The molecule has 1 aliphatic heterocycles. The Hall–Kier alpha value is -3.62. The summed E-state index contributed by atoms with van der Waals surface area (Å²) >= 11 is 11.9. The number of benzene rings is 2. The van der Waals surface area contributed by atoms with E-state index in [9.17, 15) is 19.5 Å². The number of nitrogens with zero attached hydrogens (tertiary/aromatic N) is 3. The van der Waals surface area contributed by atoms with Crippen molar-refractivity contribution in [2.45, 2.75) is 6.92 Å². The van der Waals surface area contributed by atoms with Crippen molar-refractivity contribution in [3.05, 3.63) is 90.6 Å². The second-order valence-corrected chi connectivity index (χ2v) is 7.52. The summed E-state index contributed by atoms with van der Waals surface area (Å²) in [4.78, 5) is 39.8. The molecule has 2 N–H and O–H groups in total. The van der Waals surface area contributed by atoms with Crippen molar-refractivity contribution < 1.29 is 9.90 Å². The molecule has 156 valence electrons. The lowest BCUT2D eigenvalue weighted by atomic mass is 10.1. The fourth-order valence-corrected chi connectivity index (χ4v) is 3.42. The third-order valence-corrected chi connectivity index (χ3v) is 5.10. The second kappa shape index (κ2) is 7.90. The van der Waals surface area contributed by atoms with E-state index in [1.807, 2.05) is 0 Å². The standard InChI is InChI=1S/C21H14Cl2N4O4/c1-11-16(20(30)27(25-11)14-7-5-12(22)6-8-14)10-17-18(28)24-21(31)26(19(17)29)15-4-2-3-13(23)9-15/h2-10,29H,1H3,(H,24,28,31). The van der Waals surface area contributed by atoms with E-state index in [-0.39, 0.29) is 16.8 Å². The summed E-state index contributed by atoms with van der Waals surface area (Å²) in [6.07, 6.45) is 1.20. The number of aromatic nitrogens is 2. The first kappa shape index (κ1) is 20.6. The van der Waals surface area contributed by atoms with Crippen molar-refractivity contribution in [1.82, 2.24) is 9.55 Å². The SMILES string of the molecule is CC1=NN(c2ccc(Cl)cc2)C(=O)C1=Cc1c(O)n(-c2cccc(Cl)c2)c(=O)[nH]c1=O. The molecule has 8 nitrogen and oxygen atoms in total. The van der Waals surface area contributed by atoms with Crippen LogP contribution in [0.2, 0.25) is 10.0 Å². The number of nitrogens with one attached hydrogen (secondary N) is 1. The molecule has 2 aromatic carbocycles. The number of hydrogen-bond acceptors (Lipinski definition) is 5. The number of anilines is 1. The Kier molecular flexibility index (Phi) is 5.26. The van der Waals surface area contributed by atoms with Crippen LogP contribution in [0.15, 0.2) is 68.8 Å². The molecule has 1 amide bonds. The summed E-state index contributed by atoms with van der Waals surface area (Å²) in [6.45, 7) is 1.60. The molecule has 1 aliphatic rings. The quantitative estimate of drug-likeness (QED) is 0.589. The Bertz CT molecular complexity index is 1390. The highest BCUT2D eigenvalue weighted by atomic mass is 35.5. The van der Waals surface area contributed by atoms with Gasteiger partial charge < -0.3 is 5.11 Å². The van der Waals surface area contributed by atoms with Gasteiger partial charge in [-0.3, -0.25) is 14.6 Å². The summed E-state index contributed by atoms with van der Waals surface area (Å²) in [5, 5.41) is 16.9. The fourth-order valence-electron chi connectivity index (χ4n) is 3.11. The third-order valence-electron chi connectivity index (χ3n) is 4.61. The lowest BCUT2D eigenvalue weighted by Gasteiger charge is -2.12. The van der Waals surface area contributed by atoms with Gasteiger partial charge in [-0.2, -0.15) is 10.1 Å². The zero-order valence-corrected chi connectivity index (χ0v) is 17.5. The molecule has 1 aromatic heterocycles. The summed E-state index contributed by atoms with van der Waals surface area (Å²) in [7, 11) is 0. The van der Waals surface area contributed by atoms with Crippen LogP contribution in [0.1, 0.15) is 12.5 Å². The summed E-state index contributed by atoms with van der Waals surface area (Å²) in [5.41, 5.74) is -0.811. The van der Waals surface area contributed by atoms with Crippen LogP contribution in [0.3, 0.4) is 0 Å². The van der Waals surface area contributed by atoms with E-state index in [0.717, 1.165) is 9.58 Å². The van der Waals surface area contributed by atoms with Gasteiger partial charge >= 0.3 is 5.69 Å². The van der Waals surface area contributed by atoms with Crippen molar-refractivity contribution in [3.8, 4) is 11.6 Å². The van der Waals surface area contributed by atoms with Gasteiger partial charge in [-0.05, 0) is 55.5 Å². The Morgan fingerprint density at radius 2 is 1.71 bits per heavy atom. The summed E-state index contributed by atoms with van der Waals surface area (Å²) in [5.74, 6) is -1.13. The minimum atomic E-state index is -0.849. The zero-order valence-electron chi connectivity index (χ0n) is 16.0. The van der Waals surface area contributed by atoms with Crippen molar-refractivity contribution in [3.63, 3.8) is 0 Å². The van der Waals surface area contributed by atoms with E-state index in [1.165, 1.54) is 18.2 Å². The van der Waals surface area contributed by atoms with E-state index < -0.39 is 23.0 Å². The van der Waals surface area contributed by atoms with Gasteiger partial charge in [0.1, 0.15) is 5.56 Å². The molecule has 0 spiro atoms. The van der Waals surface area contributed by atoms with Crippen LogP contribution >= 0.6 is 23.2 Å². The maximum Gasteiger partial charge on any atom is 0.335 e. The summed E-state index contributed by atoms with van der Waals surface area (Å²) in [6, 6.07) is 12.7. The number of rotatable bonds is 3. The van der Waals surface area contributed by atoms with Crippen LogP contribution in [0, 0.1) is 0 Å². The van der Waals surface area contributed by atoms with Crippen LogP contribution in [0.5, 0.6) is 5.88 Å². The molecule has 0 radical (unpaired) electrons. The molecule has 0 bridgehead atoms. The molecule has 3 aromatic rings. The van der Waals surface area contributed by atoms with Gasteiger partial charge in [0, 0.05) is 10.0 Å². The third kappa shape index (κ3) is 3.78. The molecule has 10 heteroatoms. The molecule has 0 unspecified atom stereocenters. The van der Waals surface area contributed by atoms with E-state index in [0.29, 0.717) is 21.4 Å². The molecular weight excluding hydrogens is 443 g/mol. The topological polar surface area (TPSA) is 108 Å². The lowest BCUT2D eigenvalue weighted by Crippen LogP contribution is -2.30. The van der Waals surface area contributed by atoms with E-state index in [2.05, 4.69) is 10.1 Å². The van der Waals surface area contributed by atoms with Crippen molar-refractivity contribution in [2.75, 3.05) is 5.01 Å². The number of hydrogen-bond donors (Lipinski definition) is 2. The number of H-pyrrole nitrogens is 1. The lowest BCUT2D eigenvalue weighted by molar-refractivity contribution is -0.114. The van der Waals surface area contributed by atoms with Gasteiger partial charge in [0.25, 0.3) is 11.5 Å². The fraction of sp³-hybridized carbons (Fsp3) is 0.0476. The van der Waals surface area contributed by atoms with Gasteiger partial charge in [-0.15, -0.1) is 0 Å². The first-order valence-electron chi connectivity index (χ1n) is 8.98. The molecule has 0 atom stereocenters. The number of carbonyl (C=O) groups is 1. The maximum atomic E-state index is 12.9. The molecule has 4 rings (SSSR count).